The van der Waals surface area contributed by atoms with E-state index >= 15 is 0 Å². The number of rotatable bonds is 4. The summed E-state index contributed by atoms with van der Waals surface area (Å²) >= 11 is 0. The van der Waals surface area contributed by atoms with Crippen molar-refractivity contribution in [3.8, 4) is 23.2 Å². The molecule has 38 heavy (non-hydrogen) atoms. The average molecular weight is 496 g/mol. The molecule has 184 valence electrons. The highest BCUT2D eigenvalue weighted by atomic mass is 16.5. The Labute approximate surface area is 219 Å². The van der Waals surface area contributed by atoms with Gasteiger partial charge in [-0.25, -0.2) is 9.97 Å². The van der Waals surface area contributed by atoms with Crippen LogP contribution in [0.1, 0.15) is 41.9 Å². The second-order valence-electron chi connectivity index (χ2n) is 10.3. The van der Waals surface area contributed by atoms with Gasteiger partial charge in [0.15, 0.2) is 0 Å². The van der Waals surface area contributed by atoms with Crippen LogP contribution in [0, 0.1) is 0 Å². The van der Waals surface area contributed by atoms with Crippen LogP contribution >= 0.6 is 0 Å². The maximum Gasteiger partial charge on any atom is 0.220 e. The average Bonchev–Trinajstić information content (AvgIpc) is 3.23. The van der Waals surface area contributed by atoms with E-state index in [-0.39, 0.29) is 5.75 Å². The molecule has 0 unspecified atom stereocenters. The third kappa shape index (κ3) is 3.25. The van der Waals surface area contributed by atoms with Gasteiger partial charge in [-0.1, -0.05) is 42.8 Å². The normalized spacial score (nSPS) is 14.8. The fourth-order valence-corrected chi connectivity index (χ4v) is 6.00. The standard InChI is InChI=1S/C33H25N3O2/c37-29-14-11-21-7-4-8-23-18-31(35-33(29)32(21)23)38-24-12-13-26-25-9-1-2-10-27(25)36(28(26)19-24)30-17-22(15-16-34-30)20-5-3-6-20/h1-2,4,8-20,37H,3,5-7H2. The Hall–Kier alpha value is -4.64. The van der Waals surface area contributed by atoms with Crippen molar-refractivity contribution >= 4 is 38.8 Å². The zero-order valence-electron chi connectivity index (χ0n) is 20.8. The Balaban J connectivity index is 1.28. The Morgan fingerprint density at radius 3 is 2.68 bits per heavy atom. The Morgan fingerprint density at radius 1 is 0.895 bits per heavy atom. The van der Waals surface area contributed by atoms with Crippen LogP contribution in [0.2, 0.25) is 0 Å². The summed E-state index contributed by atoms with van der Waals surface area (Å²) in [6.07, 6.45) is 10.8. The number of aromatic nitrogens is 3. The van der Waals surface area contributed by atoms with Crippen LogP contribution in [0.3, 0.4) is 0 Å². The predicted molar refractivity (Wildman–Crippen MR) is 151 cm³/mol. The third-order valence-electron chi connectivity index (χ3n) is 8.11. The maximum atomic E-state index is 10.5. The fourth-order valence-electron chi connectivity index (χ4n) is 6.00. The summed E-state index contributed by atoms with van der Waals surface area (Å²) in [6.45, 7) is 0. The zero-order chi connectivity index (χ0) is 25.2. The molecular weight excluding hydrogens is 470 g/mol. The van der Waals surface area contributed by atoms with E-state index in [9.17, 15) is 5.11 Å². The van der Waals surface area contributed by atoms with Crippen molar-refractivity contribution in [2.45, 2.75) is 31.6 Å². The van der Waals surface area contributed by atoms with Gasteiger partial charge in [-0.15, -0.1) is 0 Å². The minimum Gasteiger partial charge on any atom is -0.506 e. The number of ether oxygens (including phenoxy) is 1. The fraction of sp³-hybridized carbons (Fsp3) is 0.152. The number of aromatic hydroxyl groups is 1. The molecule has 6 aromatic rings. The highest BCUT2D eigenvalue weighted by Crippen LogP contribution is 2.40. The first-order valence-corrected chi connectivity index (χ1v) is 13.2. The van der Waals surface area contributed by atoms with Crippen molar-refractivity contribution in [2.24, 2.45) is 0 Å². The van der Waals surface area contributed by atoms with Crippen molar-refractivity contribution in [3.05, 3.63) is 102 Å². The molecular formula is C33H25N3O2. The minimum absolute atomic E-state index is 0.166. The molecule has 0 spiro atoms. The molecule has 0 aliphatic heterocycles. The van der Waals surface area contributed by atoms with Crippen LogP contribution in [0.5, 0.6) is 17.4 Å². The molecule has 0 saturated heterocycles. The smallest absolute Gasteiger partial charge is 0.220 e. The van der Waals surface area contributed by atoms with Gasteiger partial charge in [-0.3, -0.25) is 4.57 Å². The van der Waals surface area contributed by atoms with Crippen molar-refractivity contribution in [1.82, 2.24) is 14.5 Å². The molecule has 0 radical (unpaired) electrons. The van der Waals surface area contributed by atoms with Gasteiger partial charge in [-0.2, -0.15) is 0 Å². The highest BCUT2D eigenvalue weighted by molar-refractivity contribution is 6.09. The van der Waals surface area contributed by atoms with E-state index in [0.717, 1.165) is 45.2 Å². The number of fused-ring (bicyclic) bond motifs is 3. The maximum absolute atomic E-state index is 10.5. The lowest BCUT2D eigenvalue weighted by molar-refractivity contribution is 0.419. The molecule has 2 aliphatic rings. The van der Waals surface area contributed by atoms with E-state index in [2.05, 4.69) is 65.3 Å². The second-order valence-corrected chi connectivity index (χ2v) is 10.3. The molecule has 3 heterocycles. The van der Waals surface area contributed by atoms with E-state index in [1.807, 2.05) is 24.4 Å². The lowest BCUT2D eigenvalue weighted by Crippen LogP contribution is -2.09. The Morgan fingerprint density at radius 2 is 1.79 bits per heavy atom. The molecule has 1 fully saturated rings. The number of benzene rings is 3. The van der Waals surface area contributed by atoms with Crippen molar-refractivity contribution in [1.29, 1.82) is 0 Å². The largest absolute Gasteiger partial charge is 0.506 e. The first kappa shape index (κ1) is 21.4. The van der Waals surface area contributed by atoms with Crippen LogP contribution in [-0.4, -0.2) is 19.6 Å². The summed E-state index contributed by atoms with van der Waals surface area (Å²) in [4.78, 5) is 9.49. The van der Waals surface area contributed by atoms with Crippen LogP contribution in [0.15, 0.2) is 85.1 Å². The SMILES string of the molecule is Oc1ccc2c3c(cc(Oc4ccc5c6ccccc6n(-c6cc(C7CCC7)ccn6)c5c4)nc13)C=CC2. The van der Waals surface area contributed by atoms with E-state index in [4.69, 9.17) is 14.7 Å². The molecule has 1 N–H and O–H groups in total. The van der Waals surface area contributed by atoms with Crippen molar-refractivity contribution < 1.29 is 9.84 Å². The topological polar surface area (TPSA) is 60.2 Å². The number of nitrogens with zero attached hydrogens (tertiary/aromatic N) is 3. The van der Waals surface area contributed by atoms with Crippen LogP contribution < -0.4 is 4.74 Å². The predicted octanol–water partition coefficient (Wildman–Crippen LogP) is 8.06. The van der Waals surface area contributed by atoms with Crippen LogP contribution in [0.4, 0.5) is 0 Å². The number of phenolic OH excluding ortho intramolecular Hbond substituents is 1. The molecule has 2 aliphatic carbocycles. The van der Waals surface area contributed by atoms with Gasteiger partial charge in [-0.05, 0) is 78.3 Å². The lowest BCUT2D eigenvalue weighted by atomic mass is 9.80. The highest BCUT2D eigenvalue weighted by Gasteiger charge is 2.21. The molecule has 0 bridgehead atoms. The van der Waals surface area contributed by atoms with Crippen LogP contribution in [0.25, 0.3) is 44.6 Å². The van der Waals surface area contributed by atoms with Gasteiger partial charge in [0, 0.05) is 34.5 Å². The number of hydrogen-bond acceptors (Lipinski definition) is 4. The summed E-state index contributed by atoms with van der Waals surface area (Å²) in [5, 5.41) is 13.9. The quantitative estimate of drug-likeness (QED) is 0.269. The molecule has 3 aromatic heterocycles. The van der Waals surface area contributed by atoms with E-state index < -0.39 is 0 Å². The summed E-state index contributed by atoms with van der Waals surface area (Å²) < 4.78 is 8.58. The monoisotopic (exact) mass is 495 g/mol. The number of phenols is 1. The van der Waals surface area contributed by atoms with Crippen molar-refractivity contribution in [2.75, 3.05) is 0 Å². The molecule has 3 aromatic carbocycles. The summed E-state index contributed by atoms with van der Waals surface area (Å²) in [5.41, 5.74) is 6.27. The molecule has 8 rings (SSSR count). The Bertz CT molecular complexity index is 1930. The Kier molecular flexibility index (Phi) is 4.62. The molecule has 5 nitrogen and oxygen atoms in total. The van der Waals surface area contributed by atoms with Gasteiger partial charge in [0.1, 0.15) is 22.8 Å². The van der Waals surface area contributed by atoms with E-state index in [1.54, 1.807) is 6.07 Å². The van der Waals surface area contributed by atoms with Crippen molar-refractivity contribution in [3.63, 3.8) is 0 Å². The van der Waals surface area contributed by atoms with Gasteiger partial charge < -0.3 is 9.84 Å². The summed E-state index contributed by atoms with van der Waals surface area (Å²) in [6, 6.07) is 24.6. The lowest BCUT2D eigenvalue weighted by Gasteiger charge is -2.26. The number of para-hydroxylation sites is 1. The number of pyridine rings is 2. The molecule has 1 saturated carbocycles. The van der Waals surface area contributed by atoms with Gasteiger partial charge >= 0.3 is 0 Å². The first-order chi connectivity index (χ1) is 18.7. The van der Waals surface area contributed by atoms with E-state index in [1.165, 1.54) is 30.2 Å². The van der Waals surface area contributed by atoms with Gasteiger partial charge in [0.05, 0.1) is 11.0 Å². The number of allylic oxidation sites excluding steroid dienone is 1. The number of hydrogen-bond donors (Lipinski definition) is 1. The third-order valence-corrected chi connectivity index (χ3v) is 8.11. The second kappa shape index (κ2) is 8.18. The van der Waals surface area contributed by atoms with Gasteiger partial charge in [0.25, 0.3) is 0 Å². The van der Waals surface area contributed by atoms with Gasteiger partial charge in [0.2, 0.25) is 5.88 Å². The summed E-state index contributed by atoms with van der Waals surface area (Å²) in [7, 11) is 0. The molecule has 0 atom stereocenters. The minimum atomic E-state index is 0.166. The van der Waals surface area contributed by atoms with Crippen LogP contribution in [-0.2, 0) is 6.42 Å². The van der Waals surface area contributed by atoms with E-state index in [0.29, 0.717) is 23.1 Å². The molecule has 0 amide bonds. The molecule has 5 heteroatoms. The summed E-state index contributed by atoms with van der Waals surface area (Å²) in [5.74, 6) is 2.87. The first-order valence-electron chi connectivity index (χ1n) is 13.2. The zero-order valence-corrected chi connectivity index (χ0v) is 20.8.